The Bertz CT molecular complexity index is 718. The number of para-hydroxylation sites is 1. The highest BCUT2D eigenvalue weighted by molar-refractivity contribution is 6.05. The van der Waals surface area contributed by atoms with Crippen LogP contribution in [0.4, 0.5) is 14.9 Å². The van der Waals surface area contributed by atoms with Gasteiger partial charge >= 0.3 is 6.03 Å². The van der Waals surface area contributed by atoms with Crippen molar-refractivity contribution in [3.8, 4) is 11.6 Å². The topological polar surface area (TPSA) is 71.5 Å². The Kier molecular flexibility index (Phi) is 3.69. The lowest BCUT2D eigenvalue weighted by atomic mass is 10.3. The number of benzene rings is 1. The van der Waals surface area contributed by atoms with Crippen LogP contribution in [0.5, 0.6) is 11.6 Å². The first kappa shape index (κ1) is 14.0. The molecule has 0 atom stereocenters. The van der Waals surface area contributed by atoms with Crippen LogP contribution >= 0.6 is 0 Å². The molecule has 22 heavy (non-hydrogen) atoms. The first-order valence-corrected chi connectivity index (χ1v) is 6.63. The molecule has 0 unspecified atom stereocenters. The van der Waals surface area contributed by atoms with Gasteiger partial charge in [-0.2, -0.15) is 0 Å². The molecular formula is C15H12FN3O3. The summed E-state index contributed by atoms with van der Waals surface area (Å²) in [6.45, 7) is 0.292. The summed E-state index contributed by atoms with van der Waals surface area (Å²) in [5.74, 6) is -0.498. The van der Waals surface area contributed by atoms with Gasteiger partial charge in [-0.3, -0.25) is 15.0 Å². The van der Waals surface area contributed by atoms with Crippen LogP contribution in [-0.2, 0) is 4.79 Å². The summed E-state index contributed by atoms with van der Waals surface area (Å²) >= 11 is 0. The molecule has 1 N–H and O–H groups in total. The van der Waals surface area contributed by atoms with E-state index in [1.165, 1.54) is 29.3 Å². The monoisotopic (exact) mass is 301 g/mol. The molecule has 1 saturated heterocycles. The predicted octanol–water partition coefficient (Wildman–Crippen LogP) is 2.46. The first-order chi connectivity index (χ1) is 10.6. The molecule has 112 valence electrons. The standard InChI is InChI=1S/C15H12FN3O3/c16-11-3-1-2-4-12(11)22-14-6-5-10(9-17-14)19-8-7-13(20)18-15(19)21/h1-6,9H,7-8H2,(H,18,20,21). The minimum atomic E-state index is -0.485. The number of anilines is 1. The van der Waals surface area contributed by atoms with Crippen molar-refractivity contribution in [2.75, 3.05) is 11.4 Å². The third kappa shape index (κ3) is 2.88. The molecule has 1 aliphatic rings. The van der Waals surface area contributed by atoms with Crippen molar-refractivity contribution >= 4 is 17.6 Å². The van der Waals surface area contributed by atoms with Crippen LogP contribution in [-0.4, -0.2) is 23.5 Å². The zero-order chi connectivity index (χ0) is 15.5. The lowest BCUT2D eigenvalue weighted by Gasteiger charge is -2.26. The minimum Gasteiger partial charge on any atom is -0.436 e. The molecule has 0 bridgehead atoms. The summed E-state index contributed by atoms with van der Waals surface area (Å²) in [4.78, 5) is 28.3. The number of hydrogen-bond acceptors (Lipinski definition) is 4. The number of halogens is 1. The number of imide groups is 1. The molecule has 0 saturated carbocycles. The molecule has 1 fully saturated rings. The zero-order valence-electron chi connectivity index (χ0n) is 11.5. The van der Waals surface area contributed by atoms with Gasteiger partial charge in [-0.05, 0) is 18.2 Å². The summed E-state index contributed by atoms with van der Waals surface area (Å²) in [5, 5.41) is 2.23. The number of amides is 3. The smallest absolute Gasteiger partial charge is 0.328 e. The zero-order valence-corrected chi connectivity index (χ0v) is 11.5. The van der Waals surface area contributed by atoms with Gasteiger partial charge in [0.25, 0.3) is 0 Å². The molecule has 2 aromatic rings. The van der Waals surface area contributed by atoms with E-state index in [-0.39, 0.29) is 24.0 Å². The summed E-state index contributed by atoms with van der Waals surface area (Å²) < 4.78 is 18.8. The van der Waals surface area contributed by atoms with E-state index in [1.54, 1.807) is 18.2 Å². The van der Waals surface area contributed by atoms with E-state index in [0.717, 1.165) is 0 Å². The van der Waals surface area contributed by atoms with Crippen LogP contribution in [0, 0.1) is 5.82 Å². The van der Waals surface area contributed by atoms with E-state index in [4.69, 9.17) is 4.74 Å². The molecule has 1 aliphatic heterocycles. The number of carbonyl (C=O) groups is 2. The Hall–Kier alpha value is -2.96. The fourth-order valence-electron chi connectivity index (χ4n) is 2.04. The molecule has 0 aliphatic carbocycles. The van der Waals surface area contributed by atoms with Crippen molar-refractivity contribution in [1.82, 2.24) is 10.3 Å². The van der Waals surface area contributed by atoms with Crippen molar-refractivity contribution in [2.24, 2.45) is 0 Å². The number of nitrogens with zero attached hydrogens (tertiary/aromatic N) is 2. The highest BCUT2D eigenvalue weighted by Gasteiger charge is 2.24. The minimum absolute atomic E-state index is 0.0732. The maximum atomic E-state index is 13.5. The molecule has 3 rings (SSSR count). The van der Waals surface area contributed by atoms with Crippen molar-refractivity contribution in [1.29, 1.82) is 0 Å². The maximum Gasteiger partial charge on any atom is 0.328 e. The number of urea groups is 1. The summed E-state index contributed by atoms with van der Waals surface area (Å²) in [6, 6.07) is 8.68. The van der Waals surface area contributed by atoms with Gasteiger partial charge in [0, 0.05) is 19.0 Å². The Morgan fingerprint density at radius 2 is 2.00 bits per heavy atom. The van der Waals surface area contributed by atoms with E-state index in [9.17, 15) is 14.0 Å². The maximum absolute atomic E-state index is 13.5. The summed E-state index contributed by atoms with van der Waals surface area (Å²) in [5.41, 5.74) is 0.533. The fraction of sp³-hybridized carbons (Fsp3) is 0.133. The number of nitrogens with one attached hydrogen (secondary N) is 1. The van der Waals surface area contributed by atoms with Crippen molar-refractivity contribution in [3.63, 3.8) is 0 Å². The number of pyridine rings is 1. The third-order valence-electron chi connectivity index (χ3n) is 3.14. The van der Waals surface area contributed by atoms with Gasteiger partial charge in [0.15, 0.2) is 11.6 Å². The van der Waals surface area contributed by atoms with E-state index in [1.807, 2.05) is 0 Å². The molecule has 2 heterocycles. The van der Waals surface area contributed by atoms with Crippen LogP contribution in [0.3, 0.4) is 0 Å². The average molecular weight is 301 g/mol. The second kappa shape index (κ2) is 5.80. The number of rotatable bonds is 3. The predicted molar refractivity (Wildman–Crippen MR) is 76.2 cm³/mol. The molecule has 0 spiro atoms. The number of carbonyl (C=O) groups excluding carboxylic acids is 2. The van der Waals surface area contributed by atoms with Crippen LogP contribution < -0.4 is 15.0 Å². The first-order valence-electron chi connectivity index (χ1n) is 6.63. The summed E-state index contributed by atoms with van der Waals surface area (Å²) in [7, 11) is 0. The van der Waals surface area contributed by atoms with Gasteiger partial charge in [0.2, 0.25) is 11.8 Å². The Morgan fingerprint density at radius 1 is 1.18 bits per heavy atom. The van der Waals surface area contributed by atoms with Crippen LogP contribution in [0.25, 0.3) is 0 Å². The van der Waals surface area contributed by atoms with Crippen molar-refractivity contribution in [3.05, 3.63) is 48.4 Å². The third-order valence-corrected chi connectivity index (χ3v) is 3.14. The molecule has 3 amide bonds. The quantitative estimate of drug-likeness (QED) is 0.945. The molecule has 1 aromatic carbocycles. The molecular weight excluding hydrogens is 289 g/mol. The van der Waals surface area contributed by atoms with Gasteiger partial charge in [0.05, 0.1) is 11.9 Å². The van der Waals surface area contributed by atoms with Crippen molar-refractivity contribution in [2.45, 2.75) is 6.42 Å². The van der Waals surface area contributed by atoms with Crippen LogP contribution in [0.2, 0.25) is 0 Å². The second-order valence-electron chi connectivity index (χ2n) is 4.64. The lowest BCUT2D eigenvalue weighted by Crippen LogP contribution is -2.49. The number of hydrogen-bond donors (Lipinski definition) is 1. The average Bonchev–Trinajstić information content (AvgIpc) is 2.51. The molecule has 1 aromatic heterocycles. The number of aromatic nitrogens is 1. The number of ether oxygens (including phenoxy) is 1. The highest BCUT2D eigenvalue weighted by atomic mass is 19.1. The van der Waals surface area contributed by atoms with E-state index in [0.29, 0.717) is 12.2 Å². The van der Waals surface area contributed by atoms with Crippen LogP contribution in [0.15, 0.2) is 42.6 Å². The largest absolute Gasteiger partial charge is 0.436 e. The highest BCUT2D eigenvalue weighted by Crippen LogP contribution is 2.24. The lowest BCUT2D eigenvalue weighted by molar-refractivity contribution is -0.120. The fourth-order valence-corrected chi connectivity index (χ4v) is 2.04. The van der Waals surface area contributed by atoms with Gasteiger partial charge in [-0.1, -0.05) is 12.1 Å². The van der Waals surface area contributed by atoms with E-state index in [2.05, 4.69) is 10.3 Å². The molecule has 7 heteroatoms. The Balaban J connectivity index is 1.74. The normalized spacial score (nSPS) is 14.7. The summed E-state index contributed by atoms with van der Waals surface area (Å²) in [6.07, 6.45) is 1.67. The van der Waals surface area contributed by atoms with Crippen molar-refractivity contribution < 1.29 is 18.7 Å². The van der Waals surface area contributed by atoms with Gasteiger partial charge in [-0.15, -0.1) is 0 Å². The Labute approximate surface area is 125 Å². The van der Waals surface area contributed by atoms with Gasteiger partial charge < -0.3 is 4.74 Å². The van der Waals surface area contributed by atoms with E-state index < -0.39 is 11.8 Å². The van der Waals surface area contributed by atoms with Crippen LogP contribution in [0.1, 0.15) is 6.42 Å². The SMILES string of the molecule is O=C1CCN(c2ccc(Oc3ccccc3F)nc2)C(=O)N1. The second-order valence-corrected chi connectivity index (χ2v) is 4.64. The van der Waals surface area contributed by atoms with Gasteiger partial charge in [0.1, 0.15) is 0 Å². The van der Waals surface area contributed by atoms with Gasteiger partial charge in [-0.25, -0.2) is 14.2 Å². The molecule has 0 radical (unpaired) electrons. The molecule has 6 nitrogen and oxygen atoms in total. The van der Waals surface area contributed by atoms with E-state index >= 15 is 0 Å². The Morgan fingerprint density at radius 3 is 2.68 bits per heavy atom.